The third-order valence-electron chi connectivity index (χ3n) is 4.91. The Bertz CT molecular complexity index is 672. The molecule has 1 amide bonds. The van der Waals surface area contributed by atoms with Crippen molar-refractivity contribution >= 4 is 17.2 Å². The molecule has 128 valence electrons. The van der Waals surface area contributed by atoms with Crippen molar-refractivity contribution in [2.24, 2.45) is 5.92 Å². The summed E-state index contributed by atoms with van der Waals surface area (Å²) in [6.07, 6.45) is 9.27. The Morgan fingerprint density at radius 1 is 1.42 bits per heavy atom. The number of hydrogen-bond acceptors (Lipinski definition) is 5. The summed E-state index contributed by atoms with van der Waals surface area (Å²) >= 11 is 1.58. The third-order valence-corrected chi connectivity index (χ3v) is 6.07. The summed E-state index contributed by atoms with van der Waals surface area (Å²) in [5, 5.41) is 3.74. The summed E-state index contributed by atoms with van der Waals surface area (Å²) in [4.78, 5) is 27.8. The number of imidazole rings is 1. The van der Waals surface area contributed by atoms with E-state index in [4.69, 9.17) is 0 Å². The van der Waals surface area contributed by atoms with Crippen LogP contribution in [0, 0.1) is 5.92 Å². The molecule has 0 spiro atoms. The molecule has 2 aliphatic rings. The van der Waals surface area contributed by atoms with Crippen LogP contribution >= 0.6 is 11.3 Å². The highest BCUT2D eigenvalue weighted by atomic mass is 32.1. The topological polar surface area (TPSA) is 73.9 Å². The second-order valence-electron chi connectivity index (χ2n) is 6.77. The predicted molar refractivity (Wildman–Crippen MR) is 93.1 cm³/mol. The van der Waals surface area contributed by atoms with E-state index in [0.29, 0.717) is 10.9 Å². The molecule has 3 heterocycles. The summed E-state index contributed by atoms with van der Waals surface area (Å²) in [6, 6.07) is 0. The molecule has 2 N–H and O–H groups in total. The number of aryl methyl sites for hydroxylation is 2. The second-order valence-corrected chi connectivity index (χ2v) is 7.86. The van der Waals surface area contributed by atoms with Crippen LogP contribution in [0.1, 0.15) is 45.3 Å². The highest BCUT2D eigenvalue weighted by Crippen LogP contribution is 2.26. The number of amides is 1. The lowest BCUT2D eigenvalue weighted by molar-refractivity contribution is 0.0946. The van der Waals surface area contributed by atoms with Gasteiger partial charge in [-0.3, -0.25) is 9.69 Å². The maximum atomic E-state index is 12.4. The number of likely N-dealkylation sites (tertiary alicyclic amines) is 1. The van der Waals surface area contributed by atoms with Crippen LogP contribution in [0.2, 0.25) is 0 Å². The monoisotopic (exact) mass is 345 g/mol. The van der Waals surface area contributed by atoms with Gasteiger partial charge in [-0.25, -0.2) is 9.97 Å². The maximum absolute atomic E-state index is 12.4. The molecule has 1 atom stereocenters. The molecule has 7 heteroatoms. The molecule has 2 aromatic rings. The Labute approximate surface area is 145 Å². The lowest BCUT2D eigenvalue weighted by Crippen LogP contribution is -2.31. The van der Waals surface area contributed by atoms with E-state index in [9.17, 15) is 4.79 Å². The molecule has 0 aromatic carbocycles. The molecule has 0 radical (unpaired) electrons. The average Bonchev–Trinajstić information content (AvgIpc) is 3.33. The fourth-order valence-corrected chi connectivity index (χ4v) is 4.66. The number of rotatable bonds is 5. The average molecular weight is 345 g/mol. The molecule has 1 aliphatic heterocycles. The van der Waals surface area contributed by atoms with Crippen molar-refractivity contribution in [3.05, 3.63) is 33.8 Å². The van der Waals surface area contributed by atoms with E-state index >= 15 is 0 Å². The number of carbonyl (C=O) groups is 1. The van der Waals surface area contributed by atoms with E-state index in [2.05, 4.69) is 25.2 Å². The lowest BCUT2D eigenvalue weighted by Gasteiger charge is -2.15. The van der Waals surface area contributed by atoms with Gasteiger partial charge in [0.05, 0.1) is 12.0 Å². The lowest BCUT2D eigenvalue weighted by atomic mass is 10.0. The van der Waals surface area contributed by atoms with Crippen LogP contribution < -0.4 is 5.32 Å². The van der Waals surface area contributed by atoms with Gasteiger partial charge in [0, 0.05) is 36.4 Å². The van der Waals surface area contributed by atoms with E-state index < -0.39 is 0 Å². The van der Waals surface area contributed by atoms with Crippen LogP contribution in [0.15, 0.2) is 12.5 Å². The van der Waals surface area contributed by atoms with Gasteiger partial charge in [0.15, 0.2) is 5.01 Å². The molecule has 4 rings (SSSR count). The molecule has 1 fully saturated rings. The van der Waals surface area contributed by atoms with Crippen LogP contribution in [-0.2, 0) is 19.4 Å². The van der Waals surface area contributed by atoms with Crippen molar-refractivity contribution < 1.29 is 4.79 Å². The van der Waals surface area contributed by atoms with Gasteiger partial charge in [-0.15, -0.1) is 11.3 Å². The number of carbonyl (C=O) groups excluding carboxylic acids is 1. The highest BCUT2D eigenvalue weighted by molar-refractivity contribution is 7.13. The normalized spacial score (nSPS) is 20.9. The molecule has 1 unspecified atom stereocenters. The standard InChI is InChI=1S/C17H23N5OS/c23-16(17-21-14-3-1-2-4-15(14)24-17)19-7-12-5-6-22(9-12)10-13-8-18-11-20-13/h8,11-12H,1-7,9-10H2,(H,18,20)(H,19,23). The van der Waals surface area contributed by atoms with E-state index in [1.165, 1.54) is 17.7 Å². The van der Waals surface area contributed by atoms with Gasteiger partial charge in [-0.2, -0.15) is 0 Å². The fraction of sp³-hybridized carbons (Fsp3) is 0.588. The van der Waals surface area contributed by atoms with Gasteiger partial charge in [0.2, 0.25) is 0 Å². The first kappa shape index (κ1) is 15.8. The largest absolute Gasteiger partial charge is 0.350 e. The van der Waals surface area contributed by atoms with Crippen LogP contribution in [-0.4, -0.2) is 45.4 Å². The minimum absolute atomic E-state index is 0.00131. The molecule has 2 aromatic heterocycles. The van der Waals surface area contributed by atoms with E-state index in [-0.39, 0.29) is 5.91 Å². The van der Waals surface area contributed by atoms with Gasteiger partial charge in [0.25, 0.3) is 5.91 Å². The number of fused-ring (bicyclic) bond motifs is 1. The second kappa shape index (κ2) is 7.03. The van der Waals surface area contributed by atoms with Crippen LogP contribution in [0.5, 0.6) is 0 Å². The SMILES string of the molecule is O=C(NCC1CCN(Cc2cnc[nH]2)C1)c1nc2c(s1)CCCC2. The molecular weight excluding hydrogens is 322 g/mol. The fourth-order valence-electron chi connectivity index (χ4n) is 3.60. The summed E-state index contributed by atoms with van der Waals surface area (Å²) in [5.41, 5.74) is 2.30. The summed E-state index contributed by atoms with van der Waals surface area (Å²) in [7, 11) is 0. The van der Waals surface area contributed by atoms with Crippen LogP contribution in [0.25, 0.3) is 0 Å². The molecule has 0 saturated carbocycles. The number of thiazole rings is 1. The van der Waals surface area contributed by atoms with Crippen molar-refractivity contribution in [2.45, 2.75) is 38.6 Å². The molecule has 1 aliphatic carbocycles. The number of H-pyrrole nitrogens is 1. The van der Waals surface area contributed by atoms with E-state index in [1.807, 2.05) is 6.20 Å². The third kappa shape index (κ3) is 3.52. The Hall–Kier alpha value is -1.73. The summed E-state index contributed by atoms with van der Waals surface area (Å²) < 4.78 is 0. The molecule has 1 saturated heterocycles. The summed E-state index contributed by atoms with van der Waals surface area (Å²) in [6.45, 7) is 3.74. The number of nitrogens with one attached hydrogen (secondary N) is 2. The van der Waals surface area contributed by atoms with Gasteiger partial charge in [-0.05, 0) is 44.6 Å². The first-order chi connectivity index (χ1) is 11.8. The zero-order chi connectivity index (χ0) is 16.4. The van der Waals surface area contributed by atoms with Crippen molar-refractivity contribution in [1.82, 2.24) is 25.2 Å². The van der Waals surface area contributed by atoms with Crippen molar-refractivity contribution in [2.75, 3.05) is 19.6 Å². The maximum Gasteiger partial charge on any atom is 0.280 e. The minimum atomic E-state index is 0.00131. The Morgan fingerprint density at radius 2 is 2.33 bits per heavy atom. The summed E-state index contributed by atoms with van der Waals surface area (Å²) in [5.74, 6) is 0.521. The first-order valence-electron chi connectivity index (χ1n) is 8.74. The Morgan fingerprint density at radius 3 is 3.17 bits per heavy atom. The smallest absolute Gasteiger partial charge is 0.280 e. The van der Waals surface area contributed by atoms with Crippen molar-refractivity contribution in [1.29, 1.82) is 0 Å². The Balaban J connectivity index is 1.26. The number of nitrogens with zero attached hydrogens (tertiary/aromatic N) is 3. The van der Waals surface area contributed by atoms with Gasteiger partial charge < -0.3 is 10.3 Å². The zero-order valence-electron chi connectivity index (χ0n) is 13.8. The van der Waals surface area contributed by atoms with Gasteiger partial charge in [-0.1, -0.05) is 0 Å². The van der Waals surface area contributed by atoms with Crippen LogP contribution in [0.3, 0.4) is 0 Å². The minimum Gasteiger partial charge on any atom is -0.350 e. The molecule has 6 nitrogen and oxygen atoms in total. The van der Waals surface area contributed by atoms with Gasteiger partial charge in [0.1, 0.15) is 0 Å². The van der Waals surface area contributed by atoms with Crippen molar-refractivity contribution in [3.8, 4) is 0 Å². The Kier molecular flexibility index (Phi) is 4.62. The first-order valence-corrected chi connectivity index (χ1v) is 9.56. The van der Waals surface area contributed by atoms with Crippen molar-refractivity contribution in [3.63, 3.8) is 0 Å². The zero-order valence-corrected chi connectivity index (χ0v) is 14.6. The predicted octanol–water partition coefficient (Wildman–Crippen LogP) is 2.00. The highest BCUT2D eigenvalue weighted by Gasteiger charge is 2.24. The van der Waals surface area contributed by atoms with Crippen LogP contribution in [0.4, 0.5) is 0 Å². The van der Waals surface area contributed by atoms with Gasteiger partial charge >= 0.3 is 0 Å². The molecular formula is C17H23N5OS. The number of hydrogen-bond donors (Lipinski definition) is 2. The molecule has 0 bridgehead atoms. The quantitative estimate of drug-likeness (QED) is 0.869. The number of aromatic nitrogens is 3. The number of aromatic amines is 1. The van der Waals surface area contributed by atoms with E-state index in [1.54, 1.807) is 17.7 Å². The molecule has 24 heavy (non-hydrogen) atoms. The van der Waals surface area contributed by atoms with E-state index in [0.717, 1.165) is 56.8 Å².